The number of hydrogen-bond acceptors (Lipinski definition) is 2. The van der Waals surface area contributed by atoms with Crippen LogP contribution in [0.1, 0.15) is 44.6 Å². The quantitative estimate of drug-likeness (QED) is 0.897. The summed E-state index contributed by atoms with van der Waals surface area (Å²) in [5.74, 6) is 0.839. The smallest absolute Gasteiger partial charge is 0.139 e. The molecule has 2 heterocycles. The molecule has 2 saturated heterocycles. The van der Waals surface area contributed by atoms with Gasteiger partial charge >= 0.3 is 0 Å². The Balaban J connectivity index is 1.74. The fourth-order valence-electron chi connectivity index (χ4n) is 3.39. The zero-order chi connectivity index (χ0) is 13.3. The molecule has 104 valence electrons. The summed E-state index contributed by atoms with van der Waals surface area (Å²) in [5.41, 5.74) is -0.338. The Morgan fingerprint density at radius 3 is 2.42 bits per heavy atom. The Labute approximate surface area is 114 Å². The molecule has 0 amide bonds. The van der Waals surface area contributed by atoms with Crippen molar-refractivity contribution in [1.29, 1.82) is 0 Å². The lowest BCUT2D eigenvalue weighted by atomic mass is 9.83. The number of fused-ring (bicyclic) bond motifs is 2. The molecule has 2 unspecified atom stereocenters. The zero-order valence-corrected chi connectivity index (χ0v) is 11.5. The van der Waals surface area contributed by atoms with Gasteiger partial charge in [0.2, 0.25) is 0 Å². The molecule has 0 spiro atoms. The minimum Gasteiger partial charge on any atom is -0.494 e. The molecule has 0 aliphatic carbocycles. The number of rotatable bonds is 4. The molecule has 2 atom stereocenters. The van der Waals surface area contributed by atoms with Crippen LogP contribution in [-0.2, 0) is 5.67 Å². The predicted octanol–water partition coefficient (Wildman–Crippen LogP) is 3.55. The van der Waals surface area contributed by atoms with Crippen LogP contribution in [0.2, 0.25) is 0 Å². The van der Waals surface area contributed by atoms with Gasteiger partial charge in [-0.3, -0.25) is 0 Å². The van der Waals surface area contributed by atoms with Crippen molar-refractivity contribution >= 4 is 0 Å². The van der Waals surface area contributed by atoms with E-state index < -0.39 is 5.67 Å². The first kappa shape index (κ1) is 12.9. The largest absolute Gasteiger partial charge is 0.494 e. The summed E-state index contributed by atoms with van der Waals surface area (Å²) in [4.78, 5) is 0. The zero-order valence-electron chi connectivity index (χ0n) is 11.5. The highest BCUT2D eigenvalue weighted by Gasteiger charge is 2.45. The molecule has 3 rings (SSSR count). The monoisotopic (exact) mass is 263 g/mol. The van der Waals surface area contributed by atoms with Gasteiger partial charge in [0.15, 0.2) is 0 Å². The van der Waals surface area contributed by atoms with Gasteiger partial charge in [-0.05, 0) is 37.0 Å². The Morgan fingerprint density at radius 2 is 1.84 bits per heavy atom. The Kier molecular flexibility index (Phi) is 3.48. The van der Waals surface area contributed by atoms with Gasteiger partial charge in [0.1, 0.15) is 11.4 Å². The van der Waals surface area contributed by atoms with E-state index >= 15 is 4.39 Å². The van der Waals surface area contributed by atoms with Gasteiger partial charge < -0.3 is 10.1 Å². The molecular formula is C16H22FNO. The van der Waals surface area contributed by atoms with E-state index in [1.807, 2.05) is 24.3 Å². The van der Waals surface area contributed by atoms with Crippen molar-refractivity contribution in [2.45, 2.75) is 56.8 Å². The summed E-state index contributed by atoms with van der Waals surface area (Å²) in [6.07, 6.45) is 4.45. The average molecular weight is 263 g/mol. The van der Waals surface area contributed by atoms with Crippen LogP contribution in [0.3, 0.4) is 0 Å². The standard InChI is InChI=1S/C16H22FNO/c1-2-9-19-15-7-3-12(4-8-15)16(17)10-13-5-6-14(11-16)18-13/h3-4,7-8,13-14,18H,2,5-6,9-11H2,1H3. The molecule has 0 radical (unpaired) electrons. The summed E-state index contributed by atoms with van der Waals surface area (Å²) in [5, 5.41) is 3.49. The fourth-order valence-corrected chi connectivity index (χ4v) is 3.39. The highest BCUT2D eigenvalue weighted by molar-refractivity contribution is 5.32. The number of ether oxygens (including phenoxy) is 1. The van der Waals surface area contributed by atoms with Gasteiger partial charge in [0.05, 0.1) is 6.61 Å². The van der Waals surface area contributed by atoms with Crippen molar-refractivity contribution in [3.05, 3.63) is 29.8 Å². The maximum Gasteiger partial charge on any atom is 0.139 e. The highest BCUT2D eigenvalue weighted by atomic mass is 19.1. The average Bonchev–Trinajstić information content (AvgIpc) is 2.77. The van der Waals surface area contributed by atoms with Crippen molar-refractivity contribution in [1.82, 2.24) is 5.32 Å². The molecule has 2 bridgehead atoms. The normalized spacial score (nSPS) is 33.4. The number of hydrogen-bond donors (Lipinski definition) is 1. The van der Waals surface area contributed by atoms with Gasteiger partial charge in [-0.25, -0.2) is 4.39 Å². The van der Waals surface area contributed by atoms with Crippen molar-refractivity contribution in [3.63, 3.8) is 0 Å². The first-order valence-electron chi connectivity index (χ1n) is 7.38. The molecule has 0 saturated carbocycles. The van der Waals surface area contributed by atoms with Gasteiger partial charge in [0, 0.05) is 24.9 Å². The third-order valence-corrected chi connectivity index (χ3v) is 4.32. The summed E-state index contributed by atoms with van der Waals surface area (Å²) in [6.45, 7) is 2.80. The molecule has 3 heteroatoms. The molecule has 2 nitrogen and oxygen atoms in total. The third kappa shape index (κ3) is 2.62. The number of piperidine rings is 1. The van der Waals surface area contributed by atoms with Crippen LogP contribution in [-0.4, -0.2) is 18.7 Å². The Hall–Kier alpha value is -1.09. The van der Waals surface area contributed by atoms with Crippen LogP contribution in [0.25, 0.3) is 0 Å². The molecule has 2 aliphatic heterocycles. The number of benzene rings is 1. The highest BCUT2D eigenvalue weighted by Crippen LogP contribution is 2.43. The summed E-state index contributed by atoms with van der Waals surface area (Å²) >= 11 is 0. The van der Waals surface area contributed by atoms with E-state index in [0.29, 0.717) is 31.5 Å². The SMILES string of the molecule is CCCOc1ccc(C2(F)CC3CCC(C2)N3)cc1. The van der Waals surface area contributed by atoms with Gasteiger partial charge in [0.25, 0.3) is 0 Å². The van der Waals surface area contributed by atoms with Gasteiger partial charge in [-0.2, -0.15) is 0 Å². The Bertz CT molecular complexity index is 419. The topological polar surface area (TPSA) is 21.3 Å². The molecule has 1 N–H and O–H groups in total. The summed E-state index contributed by atoms with van der Waals surface area (Å²) in [7, 11) is 0. The maximum absolute atomic E-state index is 15.1. The van der Waals surface area contributed by atoms with Crippen LogP contribution >= 0.6 is 0 Å². The second kappa shape index (κ2) is 5.12. The molecule has 0 aromatic heterocycles. The second-order valence-corrected chi connectivity index (χ2v) is 5.88. The second-order valence-electron chi connectivity index (χ2n) is 5.88. The van der Waals surface area contributed by atoms with E-state index in [1.165, 1.54) is 0 Å². The number of alkyl halides is 1. The van der Waals surface area contributed by atoms with Crippen molar-refractivity contribution in [2.24, 2.45) is 0 Å². The predicted molar refractivity (Wildman–Crippen MR) is 74.2 cm³/mol. The summed E-state index contributed by atoms with van der Waals surface area (Å²) < 4.78 is 20.7. The summed E-state index contributed by atoms with van der Waals surface area (Å²) in [6, 6.07) is 8.32. The molecule has 2 fully saturated rings. The number of halogens is 1. The van der Waals surface area contributed by atoms with Crippen LogP contribution in [0.4, 0.5) is 4.39 Å². The Morgan fingerprint density at radius 1 is 1.21 bits per heavy atom. The first-order valence-corrected chi connectivity index (χ1v) is 7.38. The van der Waals surface area contributed by atoms with Crippen molar-refractivity contribution < 1.29 is 9.13 Å². The molecule has 19 heavy (non-hydrogen) atoms. The number of nitrogens with one attached hydrogen (secondary N) is 1. The van der Waals surface area contributed by atoms with E-state index in [9.17, 15) is 0 Å². The first-order chi connectivity index (χ1) is 9.19. The fraction of sp³-hybridized carbons (Fsp3) is 0.625. The molecule has 1 aromatic rings. The minimum absolute atomic E-state index is 0.361. The minimum atomic E-state index is -1.15. The lowest BCUT2D eigenvalue weighted by Gasteiger charge is -2.35. The molecular weight excluding hydrogens is 241 g/mol. The van der Waals surface area contributed by atoms with Crippen LogP contribution < -0.4 is 10.1 Å². The van der Waals surface area contributed by atoms with Crippen molar-refractivity contribution in [3.8, 4) is 5.75 Å². The van der Waals surface area contributed by atoms with Crippen LogP contribution in [0, 0.1) is 0 Å². The van der Waals surface area contributed by atoms with Gasteiger partial charge in [-0.15, -0.1) is 0 Å². The molecule has 1 aromatic carbocycles. The third-order valence-electron chi connectivity index (χ3n) is 4.32. The van der Waals surface area contributed by atoms with E-state index in [0.717, 1.165) is 30.6 Å². The van der Waals surface area contributed by atoms with E-state index in [-0.39, 0.29) is 0 Å². The van der Waals surface area contributed by atoms with Crippen LogP contribution in [0.15, 0.2) is 24.3 Å². The van der Waals surface area contributed by atoms with Crippen LogP contribution in [0.5, 0.6) is 5.75 Å². The lowest BCUT2D eigenvalue weighted by molar-refractivity contribution is 0.0873. The van der Waals surface area contributed by atoms with E-state index in [1.54, 1.807) is 0 Å². The van der Waals surface area contributed by atoms with E-state index in [4.69, 9.17) is 4.74 Å². The van der Waals surface area contributed by atoms with E-state index in [2.05, 4.69) is 12.2 Å². The maximum atomic E-state index is 15.1. The van der Waals surface area contributed by atoms with Gasteiger partial charge in [-0.1, -0.05) is 19.1 Å². The lowest BCUT2D eigenvalue weighted by Crippen LogP contribution is -2.44. The van der Waals surface area contributed by atoms with Crippen molar-refractivity contribution in [2.75, 3.05) is 6.61 Å². The molecule has 2 aliphatic rings.